The van der Waals surface area contributed by atoms with Crippen molar-refractivity contribution in [2.75, 3.05) is 19.6 Å². The number of aromatic nitrogens is 1. The van der Waals surface area contributed by atoms with Crippen molar-refractivity contribution >= 4 is 11.9 Å². The van der Waals surface area contributed by atoms with E-state index in [4.69, 9.17) is 0 Å². The van der Waals surface area contributed by atoms with Gasteiger partial charge in [-0.1, -0.05) is 20.3 Å². The Hall–Kier alpha value is -1.98. The summed E-state index contributed by atoms with van der Waals surface area (Å²) in [4.78, 5) is 28.8. The van der Waals surface area contributed by atoms with Gasteiger partial charge in [0.1, 0.15) is 6.54 Å². The smallest absolute Gasteiger partial charge is 0.317 e. The number of hydrogen-bond acceptors (Lipinski definition) is 2. The zero-order valence-corrected chi connectivity index (χ0v) is 15.8. The van der Waals surface area contributed by atoms with Gasteiger partial charge in [0.15, 0.2) is 0 Å². The molecule has 0 radical (unpaired) electrons. The Bertz CT molecular complexity index is 566. The van der Waals surface area contributed by atoms with Crippen LogP contribution in [0.5, 0.6) is 0 Å². The summed E-state index contributed by atoms with van der Waals surface area (Å²) in [6, 6.07) is 4.24. The molecule has 1 aliphatic carbocycles. The van der Waals surface area contributed by atoms with Gasteiger partial charge >= 0.3 is 6.03 Å². The number of unbranched alkanes of at least 4 members (excludes halogenated alkanes) is 1. The lowest BCUT2D eigenvalue weighted by Gasteiger charge is -2.28. The zero-order valence-electron chi connectivity index (χ0n) is 15.8. The molecule has 0 saturated heterocycles. The first-order valence-corrected chi connectivity index (χ1v) is 9.49. The maximum absolute atomic E-state index is 12.9. The number of aryl methyl sites for hydroxylation is 1. The minimum Gasteiger partial charge on any atom is -0.353 e. The molecule has 6 nitrogen and oxygen atoms in total. The largest absolute Gasteiger partial charge is 0.353 e. The van der Waals surface area contributed by atoms with E-state index in [-0.39, 0.29) is 18.5 Å². The fourth-order valence-electron chi connectivity index (χ4n) is 2.90. The van der Waals surface area contributed by atoms with E-state index < -0.39 is 0 Å². The number of hydrogen-bond donors (Lipinski definition) is 1. The Balaban J connectivity index is 1.96. The van der Waals surface area contributed by atoms with Gasteiger partial charge in [-0.2, -0.15) is 0 Å². The molecule has 1 N–H and O–H groups in total. The predicted molar refractivity (Wildman–Crippen MR) is 99.2 cm³/mol. The van der Waals surface area contributed by atoms with Crippen molar-refractivity contribution in [1.29, 1.82) is 0 Å². The summed E-state index contributed by atoms with van der Waals surface area (Å²) in [5.41, 5.74) is 1.12. The third kappa shape index (κ3) is 5.80. The number of carbonyl (C=O) groups excluding carboxylic acids is 2. The van der Waals surface area contributed by atoms with Crippen molar-refractivity contribution in [2.45, 2.75) is 58.5 Å². The predicted octanol–water partition coefficient (Wildman–Crippen LogP) is 2.74. The summed E-state index contributed by atoms with van der Waals surface area (Å²) in [5.74, 6) is 0.0443. The van der Waals surface area contributed by atoms with Gasteiger partial charge in [-0.15, -0.1) is 0 Å². The van der Waals surface area contributed by atoms with Crippen LogP contribution in [0.25, 0.3) is 0 Å². The maximum atomic E-state index is 12.9. The van der Waals surface area contributed by atoms with Gasteiger partial charge in [-0.3, -0.25) is 4.79 Å². The number of rotatable bonds is 10. The Morgan fingerprint density at radius 1 is 1.28 bits per heavy atom. The van der Waals surface area contributed by atoms with Crippen LogP contribution in [0.3, 0.4) is 0 Å². The lowest BCUT2D eigenvalue weighted by molar-refractivity contribution is -0.133. The number of amides is 3. The van der Waals surface area contributed by atoms with Gasteiger partial charge in [-0.05, 0) is 37.8 Å². The van der Waals surface area contributed by atoms with Gasteiger partial charge in [0, 0.05) is 38.1 Å². The highest BCUT2D eigenvalue weighted by Crippen LogP contribution is 2.28. The summed E-state index contributed by atoms with van der Waals surface area (Å²) < 4.78 is 2.05. The zero-order chi connectivity index (χ0) is 18.2. The molecule has 0 unspecified atom stereocenters. The van der Waals surface area contributed by atoms with Crippen LogP contribution in [-0.4, -0.2) is 52.0 Å². The Kier molecular flexibility index (Phi) is 7.34. The summed E-state index contributed by atoms with van der Waals surface area (Å²) in [6.45, 7) is 6.17. The molecule has 0 atom stereocenters. The molecule has 1 aromatic rings. The lowest BCUT2D eigenvalue weighted by Crippen LogP contribution is -2.47. The van der Waals surface area contributed by atoms with Gasteiger partial charge in [0.25, 0.3) is 0 Å². The van der Waals surface area contributed by atoms with Gasteiger partial charge in [0.2, 0.25) is 5.91 Å². The Morgan fingerprint density at radius 3 is 2.60 bits per heavy atom. The van der Waals surface area contributed by atoms with E-state index in [1.54, 1.807) is 4.90 Å². The molecule has 25 heavy (non-hydrogen) atoms. The van der Waals surface area contributed by atoms with Gasteiger partial charge < -0.3 is 19.7 Å². The van der Waals surface area contributed by atoms with Crippen molar-refractivity contribution in [3.63, 3.8) is 0 Å². The molecule has 2 rings (SSSR count). The first-order valence-electron chi connectivity index (χ1n) is 9.49. The second-order valence-electron chi connectivity index (χ2n) is 6.87. The molecule has 1 aromatic heterocycles. The topological polar surface area (TPSA) is 57.6 Å². The Morgan fingerprint density at radius 2 is 2.04 bits per heavy atom. The quantitative estimate of drug-likeness (QED) is 0.661. The fourth-order valence-corrected chi connectivity index (χ4v) is 2.90. The third-order valence-corrected chi connectivity index (χ3v) is 4.61. The van der Waals surface area contributed by atoms with E-state index in [2.05, 4.69) is 12.2 Å². The molecule has 6 heteroatoms. The maximum Gasteiger partial charge on any atom is 0.317 e. The lowest BCUT2D eigenvalue weighted by atomic mass is 10.3. The molecule has 1 aliphatic rings. The summed E-state index contributed by atoms with van der Waals surface area (Å²) in [7, 11) is 2.00. The van der Waals surface area contributed by atoms with Crippen LogP contribution in [0.4, 0.5) is 4.79 Å². The van der Waals surface area contributed by atoms with Crippen LogP contribution >= 0.6 is 0 Å². The van der Waals surface area contributed by atoms with Crippen molar-refractivity contribution < 1.29 is 9.59 Å². The van der Waals surface area contributed by atoms with E-state index >= 15 is 0 Å². The number of nitrogens with one attached hydrogen (secondary N) is 1. The van der Waals surface area contributed by atoms with Crippen LogP contribution < -0.4 is 5.32 Å². The molecule has 0 bridgehead atoms. The van der Waals surface area contributed by atoms with Crippen molar-refractivity contribution in [3.05, 3.63) is 24.0 Å². The fraction of sp³-hybridized carbons (Fsp3) is 0.684. The third-order valence-electron chi connectivity index (χ3n) is 4.61. The van der Waals surface area contributed by atoms with Crippen LogP contribution in [-0.2, 0) is 18.4 Å². The van der Waals surface area contributed by atoms with Gasteiger partial charge in [-0.25, -0.2) is 4.79 Å². The standard InChI is InChI=1S/C19H32N4O2/c1-4-6-11-20-19(25)22(12-5-2)15-18(24)23(16-9-10-16)14-17-8-7-13-21(17)3/h7-8,13,16H,4-6,9-12,14-15H2,1-3H3,(H,20,25). The first-order chi connectivity index (χ1) is 12.1. The van der Waals surface area contributed by atoms with E-state index in [1.165, 1.54) is 0 Å². The second-order valence-corrected chi connectivity index (χ2v) is 6.87. The minimum atomic E-state index is -0.127. The molecule has 0 spiro atoms. The van der Waals surface area contributed by atoms with Crippen molar-refractivity contribution in [1.82, 2.24) is 19.7 Å². The highest BCUT2D eigenvalue weighted by atomic mass is 16.2. The average Bonchev–Trinajstić information content (AvgIpc) is 3.35. The van der Waals surface area contributed by atoms with E-state index in [0.29, 0.717) is 25.7 Å². The summed E-state index contributed by atoms with van der Waals surface area (Å²) >= 11 is 0. The molecule has 1 heterocycles. The number of carbonyl (C=O) groups is 2. The van der Waals surface area contributed by atoms with E-state index in [9.17, 15) is 9.59 Å². The SMILES string of the molecule is CCCCNC(=O)N(CCC)CC(=O)N(Cc1cccn1C)C1CC1. The molecule has 140 valence electrons. The van der Waals surface area contributed by atoms with E-state index in [1.807, 2.05) is 41.8 Å². The first kappa shape index (κ1) is 19.3. The summed E-state index contributed by atoms with van der Waals surface area (Å²) in [6.07, 6.45) is 6.96. The van der Waals surface area contributed by atoms with Crippen LogP contribution in [0.2, 0.25) is 0 Å². The molecule has 3 amide bonds. The van der Waals surface area contributed by atoms with E-state index in [0.717, 1.165) is 37.8 Å². The molecular formula is C19H32N4O2. The monoisotopic (exact) mass is 348 g/mol. The molecule has 1 fully saturated rings. The van der Waals surface area contributed by atoms with Crippen molar-refractivity contribution in [3.8, 4) is 0 Å². The average molecular weight is 348 g/mol. The molecule has 1 saturated carbocycles. The van der Waals surface area contributed by atoms with Crippen LogP contribution in [0.1, 0.15) is 51.6 Å². The minimum absolute atomic E-state index is 0.0443. The highest BCUT2D eigenvalue weighted by molar-refractivity contribution is 5.84. The second kappa shape index (κ2) is 9.49. The normalized spacial score (nSPS) is 13.6. The number of urea groups is 1. The van der Waals surface area contributed by atoms with Crippen LogP contribution in [0, 0.1) is 0 Å². The molecule has 0 aliphatic heterocycles. The van der Waals surface area contributed by atoms with Crippen molar-refractivity contribution in [2.24, 2.45) is 7.05 Å². The number of nitrogens with zero attached hydrogens (tertiary/aromatic N) is 3. The molecule has 0 aromatic carbocycles. The summed E-state index contributed by atoms with van der Waals surface area (Å²) in [5, 5.41) is 2.92. The highest BCUT2D eigenvalue weighted by Gasteiger charge is 2.34. The molecular weight excluding hydrogens is 316 g/mol. The Labute approximate surface area is 151 Å². The van der Waals surface area contributed by atoms with Gasteiger partial charge in [0.05, 0.1) is 6.54 Å². The van der Waals surface area contributed by atoms with Crippen LogP contribution in [0.15, 0.2) is 18.3 Å².